The Labute approximate surface area is 165 Å². The van der Waals surface area contributed by atoms with Crippen molar-refractivity contribution in [3.8, 4) is 0 Å². The second kappa shape index (κ2) is 15.1. The molecule has 0 aliphatic rings. The zero-order valence-corrected chi connectivity index (χ0v) is 17.4. The maximum Gasteiger partial charge on any atom is 0.328 e. The summed E-state index contributed by atoms with van der Waals surface area (Å²) in [6.45, 7) is 5.50. The predicted molar refractivity (Wildman–Crippen MR) is 106 cm³/mol. The Morgan fingerprint density at radius 1 is 1.11 bits per heavy atom. The Bertz CT molecular complexity index is 502. The summed E-state index contributed by atoms with van der Waals surface area (Å²) in [5.41, 5.74) is 0. The number of rotatable bonds is 13. The third kappa shape index (κ3) is 12.1. The SMILES string of the molecule is CCOC(=O)[C@H](CCCCNC(C)=NO)NC(=O)[C@H](CCSC)NC(C)=O. The van der Waals surface area contributed by atoms with Crippen LogP contribution in [0.3, 0.4) is 0 Å². The first kappa shape index (κ1) is 25.0. The molecule has 0 aromatic heterocycles. The van der Waals surface area contributed by atoms with Gasteiger partial charge in [0.25, 0.3) is 0 Å². The number of thioether (sulfide) groups is 1. The number of carbonyl (C=O) groups excluding carboxylic acids is 3. The van der Waals surface area contributed by atoms with Crippen molar-refractivity contribution >= 4 is 35.4 Å². The molecule has 0 radical (unpaired) electrons. The van der Waals surface area contributed by atoms with E-state index in [0.717, 1.165) is 6.42 Å². The van der Waals surface area contributed by atoms with Crippen molar-refractivity contribution in [1.82, 2.24) is 16.0 Å². The second-order valence-electron chi connectivity index (χ2n) is 5.96. The summed E-state index contributed by atoms with van der Waals surface area (Å²) in [5.74, 6) is -0.0509. The highest BCUT2D eigenvalue weighted by molar-refractivity contribution is 7.98. The fourth-order valence-corrected chi connectivity index (χ4v) is 2.76. The molecule has 0 bridgehead atoms. The van der Waals surface area contributed by atoms with E-state index in [4.69, 9.17) is 9.94 Å². The first-order chi connectivity index (χ1) is 12.8. The number of hydrogen-bond donors (Lipinski definition) is 4. The molecule has 0 heterocycles. The number of nitrogens with one attached hydrogen (secondary N) is 3. The van der Waals surface area contributed by atoms with Crippen LogP contribution >= 0.6 is 11.8 Å². The molecule has 10 heteroatoms. The average Bonchev–Trinajstić information content (AvgIpc) is 2.63. The first-order valence-corrected chi connectivity index (χ1v) is 10.4. The molecule has 0 saturated carbocycles. The van der Waals surface area contributed by atoms with Crippen LogP contribution in [-0.4, -0.2) is 66.1 Å². The number of hydrogen-bond acceptors (Lipinski definition) is 7. The van der Waals surface area contributed by atoms with Crippen molar-refractivity contribution in [2.75, 3.05) is 25.2 Å². The summed E-state index contributed by atoms with van der Waals surface area (Å²) in [5, 5.41) is 19.8. The van der Waals surface area contributed by atoms with Gasteiger partial charge < -0.3 is 25.9 Å². The highest BCUT2D eigenvalue weighted by atomic mass is 32.2. The number of oxime groups is 1. The Morgan fingerprint density at radius 2 is 1.81 bits per heavy atom. The minimum atomic E-state index is -0.768. The van der Waals surface area contributed by atoms with Crippen molar-refractivity contribution in [2.24, 2.45) is 5.16 Å². The number of nitrogens with zero attached hydrogens (tertiary/aromatic N) is 1. The van der Waals surface area contributed by atoms with Crippen molar-refractivity contribution in [3.63, 3.8) is 0 Å². The quantitative estimate of drug-likeness (QED) is 0.0895. The van der Waals surface area contributed by atoms with Gasteiger partial charge in [0.05, 0.1) is 6.61 Å². The summed E-state index contributed by atoms with van der Waals surface area (Å²) in [7, 11) is 0. The van der Waals surface area contributed by atoms with Crippen LogP contribution in [0, 0.1) is 0 Å². The third-order valence-electron chi connectivity index (χ3n) is 3.64. The number of esters is 1. The van der Waals surface area contributed by atoms with Crippen LogP contribution in [0.1, 0.15) is 46.5 Å². The smallest absolute Gasteiger partial charge is 0.328 e. The summed E-state index contributed by atoms with van der Waals surface area (Å²) in [6.07, 6.45) is 4.19. The molecular formula is C17H32N4O5S. The first-order valence-electron chi connectivity index (χ1n) is 9.01. The molecule has 2 amide bonds. The van der Waals surface area contributed by atoms with Gasteiger partial charge in [0, 0.05) is 13.5 Å². The Kier molecular flexibility index (Phi) is 14.0. The van der Waals surface area contributed by atoms with E-state index < -0.39 is 24.0 Å². The molecule has 4 N–H and O–H groups in total. The van der Waals surface area contributed by atoms with Crippen LogP contribution in [0.4, 0.5) is 0 Å². The Morgan fingerprint density at radius 3 is 2.37 bits per heavy atom. The van der Waals surface area contributed by atoms with Crippen molar-refractivity contribution < 1.29 is 24.3 Å². The van der Waals surface area contributed by atoms with Gasteiger partial charge in [-0.15, -0.1) is 0 Å². The molecule has 0 unspecified atom stereocenters. The summed E-state index contributed by atoms with van der Waals surface area (Å²) >= 11 is 1.57. The number of amidine groups is 1. The lowest BCUT2D eigenvalue weighted by Crippen LogP contribution is -2.51. The van der Waals surface area contributed by atoms with Gasteiger partial charge in [-0.2, -0.15) is 11.8 Å². The fourth-order valence-electron chi connectivity index (χ4n) is 2.29. The van der Waals surface area contributed by atoms with E-state index in [9.17, 15) is 14.4 Å². The lowest BCUT2D eigenvalue weighted by Gasteiger charge is -2.22. The normalized spacial score (nSPS) is 13.4. The molecule has 27 heavy (non-hydrogen) atoms. The van der Waals surface area contributed by atoms with Crippen molar-refractivity contribution in [2.45, 2.75) is 58.5 Å². The maximum atomic E-state index is 12.5. The molecule has 0 aromatic rings. The van der Waals surface area contributed by atoms with Gasteiger partial charge in [0.15, 0.2) is 0 Å². The Hall–Kier alpha value is -1.97. The number of carbonyl (C=O) groups is 3. The van der Waals surface area contributed by atoms with E-state index in [1.165, 1.54) is 6.92 Å². The molecule has 0 aromatic carbocycles. The molecule has 0 aliphatic carbocycles. The van der Waals surface area contributed by atoms with E-state index in [1.807, 2.05) is 6.26 Å². The molecule has 0 fully saturated rings. The molecular weight excluding hydrogens is 372 g/mol. The topological polar surface area (TPSA) is 129 Å². The van der Waals surface area contributed by atoms with Crippen molar-refractivity contribution in [1.29, 1.82) is 0 Å². The largest absolute Gasteiger partial charge is 0.464 e. The minimum absolute atomic E-state index is 0.223. The minimum Gasteiger partial charge on any atom is -0.464 e. The lowest BCUT2D eigenvalue weighted by atomic mass is 10.1. The second-order valence-corrected chi connectivity index (χ2v) is 6.94. The number of unbranched alkanes of at least 4 members (excludes halogenated alkanes) is 1. The van der Waals surface area contributed by atoms with Gasteiger partial charge in [0.2, 0.25) is 11.8 Å². The van der Waals surface area contributed by atoms with Crippen LogP contribution in [0.2, 0.25) is 0 Å². The highest BCUT2D eigenvalue weighted by Gasteiger charge is 2.26. The van der Waals surface area contributed by atoms with Crippen LogP contribution in [0.5, 0.6) is 0 Å². The fraction of sp³-hybridized carbons (Fsp3) is 0.765. The van der Waals surface area contributed by atoms with Gasteiger partial charge in [-0.05, 0) is 51.5 Å². The molecule has 0 aliphatic heterocycles. The van der Waals surface area contributed by atoms with E-state index in [0.29, 0.717) is 37.4 Å². The van der Waals surface area contributed by atoms with Crippen LogP contribution in [0.25, 0.3) is 0 Å². The van der Waals surface area contributed by atoms with Gasteiger partial charge in [-0.1, -0.05) is 5.16 Å². The number of amides is 2. The van der Waals surface area contributed by atoms with Crippen LogP contribution < -0.4 is 16.0 Å². The standard InChI is InChI=1S/C17H32N4O5S/c1-5-26-17(24)15(8-6-7-10-18-12(2)21-25)20-16(23)14(9-11-27-4)19-13(3)22/h14-15,25H,5-11H2,1-4H3,(H,18,21)(H,19,22)(H,20,23)/t14-,15-/m0/s1. The third-order valence-corrected chi connectivity index (χ3v) is 4.29. The molecule has 0 spiro atoms. The van der Waals surface area contributed by atoms with Gasteiger partial charge in [0.1, 0.15) is 17.9 Å². The lowest BCUT2D eigenvalue weighted by molar-refractivity contribution is -0.147. The number of ether oxygens (including phenoxy) is 1. The zero-order chi connectivity index (χ0) is 20.7. The van der Waals surface area contributed by atoms with Crippen LogP contribution in [0.15, 0.2) is 5.16 Å². The zero-order valence-electron chi connectivity index (χ0n) is 16.5. The molecule has 2 atom stereocenters. The van der Waals surface area contributed by atoms with Gasteiger partial charge in [-0.25, -0.2) is 4.79 Å². The van der Waals surface area contributed by atoms with E-state index in [1.54, 1.807) is 25.6 Å². The van der Waals surface area contributed by atoms with Crippen LogP contribution in [-0.2, 0) is 19.1 Å². The molecule has 9 nitrogen and oxygen atoms in total. The average molecular weight is 405 g/mol. The summed E-state index contributed by atoms with van der Waals surface area (Å²) in [4.78, 5) is 36.0. The van der Waals surface area contributed by atoms with E-state index >= 15 is 0 Å². The van der Waals surface area contributed by atoms with E-state index in [2.05, 4.69) is 21.1 Å². The summed E-state index contributed by atoms with van der Waals surface area (Å²) < 4.78 is 5.05. The molecule has 156 valence electrons. The monoisotopic (exact) mass is 404 g/mol. The Balaban J connectivity index is 4.73. The van der Waals surface area contributed by atoms with Crippen molar-refractivity contribution in [3.05, 3.63) is 0 Å². The van der Waals surface area contributed by atoms with E-state index in [-0.39, 0.29) is 12.5 Å². The van der Waals surface area contributed by atoms with Gasteiger partial charge >= 0.3 is 5.97 Å². The predicted octanol–water partition coefficient (Wildman–Crippen LogP) is 0.860. The molecule has 0 rings (SSSR count). The van der Waals surface area contributed by atoms with Gasteiger partial charge in [-0.3, -0.25) is 9.59 Å². The highest BCUT2D eigenvalue weighted by Crippen LogP contribution is 2.06. The summed E-state index contributed by atoms with van der Waals surface area (Å²) in [6, 6.07) is -1.45. The molecule has 0 saturated heterocycles. The maximum absolute atomic E-state index is 12.5.